The second-order valence-corrected chi connectivity index (χ2v) is 5.21. The Hall–Kier alpha value is -0.570. The predicted octanol–water partition coefficient (Wildman–Crippen LogP) is 2.20. The molecule has 0 N–H and O–H groups in total. The molecule has 0 heterocycles. The van der Waals surface area contributed by atoms with Crippen molar-refractivity contribution in [1.82, 2.24) is 4.90 Å². The lowest BCUT2D eigenvalue weighted by atomic mass is 9.89. The molecule has 2 fully saturated rings. The molecule has 0 bridgehead atoms. The van der Waals surface area contributed by atoms with Crippen LogP contribution in [0, 0.1) is 5.92 Å². The van der Waals surface area contributed by atoms with E-state index in [0.717, 1.165) is 12.5 Å². The molecular formula is C13H23NO2. The Bertz CT molecular complexity index is 232. The maximum absolute atomic E-state index is 11.9. The van der Waals surface area contributed by atoms with Gasteiger partial charge in [0.05, 0.1) is 0 Å². The van der Waals surface area contributed by atoms with E-state index >= 15 is 0 Å². The van der Waals surface area contributed by atoms with Gasteiger partial charge in [0.2, 0.25) is 5.91 Å². The van der Waals surface area contributed by atoms with Crippen molar-refractivity contribution in [3.05, 3.63) is 0 Å². The van der Waals surface area contributed by atoms with E-state index in [1.807, 2.05) is 0 Å². The molecule has 2 saturated carbocycles. The fourth-order valence-electron chi connectivity index (χ4n) is 2.70. The molecule has 2 aliphatic rings. The molecular weight excluding hydrogens is 202 g/mol. The van der Waals surface area contributed by atoms with Crippen LogP contribution in [-0.2, 0) is 9.53 Å². The van der Waals surface area contributed by atoms with Crippen molar-refractivity contribution in [2.75, 3.05) is 20.3 Å². The fourth-order valence-corrected chi connectivity index (χ4v) is 2.70. The first kappa shape index (κ1) is 11.9. The van der Waals surface area contributed by atoms with Crippen LogP contribution in [-0.4, -0.2) is 37.1 Å². The molecule has 2 aliphatic carbocycles. The van der Waals surface area contributed by atoms with Crippen LogP contribution in [0.5, 0.6) is 0 Å². The largest absolute Gasteiger partial charge is 0.375 e. The summed E-state index contributed by atoms with van der Waals surface area (Å²) in [7, 11) is 1.60. The number of nitrogens with zero attached hydrogens (tertiary/aromatic N) is 1. The summed E-state index contributed by atoms with van der Waals surface area (Å²) in [6, 6.07) is 0.532. The van der Waals surface area contributed by atoms with E-state index in [-0.39, 0.29) is 12.5 Å². The number of carbonyl (C=O) groups is 1. The van der Waals surface area contributed by atoms with Crippen molar-refractivity contribution in [3.8, 4) is 0 Å². The van der Waals surface area contributed by atoms with Gasteiger partial charge in [-0.15, -0.1) is 0 Å². The highest BCUT2D eigenvalue weighted by Gasteiger charge is 2.33. The maximum Gasteiger partial charge on any atom is 0.248 e. The summed E-state index contributed by atoms with van der Waals surface area (Å²) in [6.07, 6.45) is 9.09. The molecule has 0 aliphatic heterocycles. The zero-order chi connectivity index (χ0) is 11.4. The average molecular weight is 225 g/mol. The van der Waals surface area contributed by atoms with Crippen LogP contribution in [0.25, 0.3) is 0 Å². The van der Waals surface area contributed by atoms with Crippen LogP contribution in [0.15, 0.2) is 0 Å². The number of carbonyl (C=O) groups excluding carboxylic acids is 1. The second kappa shape index (κ2) is 5.67. The zero-order valence-corrected chi connectivity index (χ0v) is 10.3. The van der Waals surface area contributed by atoms with Gasteiger partial charge in [-0.05, 0) is 31.6 Å². The summed E-state index contributed by atoms with van der Waals surface area (Å²) in [5, 5.41) is 0. The Labute approximate surface area is 98.1 Å². The topological polar surface area (TPSA) is 29.5 Å². The van der Waals surface area contributed by atoms with Crippen molar-refractivity contribution < 1.29 is 9.53 Å². The molecule has 92 valence electrons. The quantitative estimate of drug-likeness (QED) is 0.718. The molecule has 0 spiro atoms. The van der Waals surface area contributed by atoms with Crippen LogP contribution >= 0.6 is 0 Å². The van der Waals surface area contributed by atoms with Crippen molar-refractivity contribution in [1.29, 1.82) is 0 Å². The summed E-state index contributed by atoms with van der Waals surface area (Å²) < 4.78 is 4.96. The van der Waals surface area contributed by atoms with E-state index in [4.69, 9.17) is 4.74 Å². The molecule has 0 radical (unpaired) electrons. The summed E-state index contributed by atoms with van der Waals surface area (Å²) in [5.41, 5.74) is 0. The molecule has 0 aromatic carbocycles. The molecule has 0 unspecified atom stereocenters. The Kier molecular flexibility index (Phi) is 4.22. The normalized spacial score (nSPS) is 22.1. The van der Waals surface area contributed by atoms with Gasteiger partial charge in [-0.3, -0.25) is 4.79 Å². The van der Waals surface area contributed by atoms with E-state index in [1.54, 1.807) is 7.11 Å². The highest BCUT2D eigenvalue weighted by molar-refractivity contribution is 5.78. The third-order valence-corrected chi connectivity index (χ3v) is 3.76. The van der Waals surface area contributed by atoms with Gasteiger partial charge in [0.15, 0.2) is 0 Å². The molecule has 16 heavy (non-hydrogen) atoms. The van der Waals surface area contributed by atoms with Gasteiger partial charge in [-0.2, -0.15) is 0 Å². The molecule has 0 saturated heterocycles. The van der Waals surface area contributed by atoms with Gasteiger partial charge in [0.1, 0.15) is 6.61 Å². The lowest BCUT2D eigenvalue weighted by molar-refractivity contribution is -0.136. The average Bonchev–Trinajstić information content (AvgIpc) is 3.11. The van der Waals surface area contributed by atoms with Crippen molar-refractivity contribution in [2.45, 2.75) is 51.0 Å². The molecule has 2 rings (SSSR count). The van der Waals surface area contributed by atoms with Crippen molar-refractivity contribution in [2.24, 2.45) is 5.92 Å². The van der Waals surface area contributed by atoms with E-state index in [9.17, 15) is 4.79 Å². The van der Waals surface area contributed by atoms with Crippen LogP contribution in [0.3, 0.4) is 0 Å². The van der Waals surface area contributed by atoms with Gasteiger partial charge < -0.3 is 9.64 Å². The predicted molar refractivity (Wildman–Crippen MR) is 63.2 cm³/mol. The standard InChI is InChI=1S/C13H23NO2/c1-16-10-13(15)14(12-7-8-12)9-11-5-3-2-4-6-11/h11-12H,2-10H2,1H3. The molecule has 0 atom stereocenters. The van der Waals surface area contributed by atoms with E-state index in [2.05, 4.69) is 4.90 Å². The minimum absolute atomic E-state index is 0.190. The first-order chi connectivity index (χ1) is 7.81. The third kappa shape index (κ3) is 3.21. The zero-order valence-electron chi connectivity index (χ0n) is 10.3. The Balaban J connectivity index is 1.83. The molecule has 3 heteroatoms. The summed E-state index contributed by atoms with van der Waals surface area (Å²) in [6.45, 7) is 1.23. The number of hydrogen-bond acceptors (Lipinski definition) is 2. The minimum Gasteiger partial charge on any atom is -0.375 e. The first-order valence-corrected chi connectivity index (χ1v) is 6.59. The number of amides is 1. The molecule has 3 nitrogen and oxygen atoms in total. The van der Waals surface area contributed by atoms with Crippen LogP contribution in [0.1, 0.15) is 44.9 Å². The summed E-state index contributed by atoms with van der Waals surface area (Å²) in [5.74, 6) is 0.936. The monoisotopic (exact) mass is 225 g/mol. The van der Waals surface area contributed by atoms with Gasteiger partial charge in [0, 0.05) is 19.7 Å². The Morgan fingerprint density at radius 3 is 2.44 bits per heavy atom. The minimum atomic E-state index is 0.190. The SMILES string of the molecule is COCC(=O)N(CC1CCCCC1)C1CC1. The summed E-state index contributed by atoms with van der Waals surface area (Å²) >= 11 is 0. The van der Waals surface area contributed by atoms with Crippen molar-refractivity contribution in [3.63, 3.8) is 0 Å². The number of ether oxygens (including phenoxy) is 1. The molecule has 1 amide bonds. The van der Waals surface area contributed by atoms with E-state index in [0.29, 0.717) is 6.04 Å². The van der Waals surface area contributed by atoms with Crippen LogP contribution < -0.4 is 0 Å². The van der Waals surface area contributed by atoms with Gasteiger partial charge in [-0.25, -0.2) is 0 Å². The smallest absolute Gasteiger partial charge is 0.248 e. The first-order valence-electron chi connectivity index (χ1n) is 6.59. The van der Waals surface area contributed by atoms with Crippen LogP contribution in [0.4, 0.5) is 0 Å². The fraction of sp³-hybridized carbons (Fsp3) is 0.923. The Morgan fingerprint density at radius 1 is 1.19 bits per heavy atom. The summed E-state index contributed by atoms with van der Waals surface area (Å²) in [4.78, 5) is 14.0. The molecule has 0 aromatic heterocycles. The highest BCUT2D eigenvalue weighted by atomic mass is 16.5. The lowest BCUT2D eigenvalue weighted by Crippen LogP contribution is -2.39. The van der Waals surface area contributed by atoms with E-state index in [1.165, 1.54) is 44.9 Å². The number of hydrogen-bond donors (Lipinski definition) is 0. The van der Waals surface area contributed by atoms with Gasteiger partial charge >= 0.3 is 0 Å². The van der Waals surface area contributed by atoms with Crippen molar-refractivity contribution >= 4 is 5.91 Å². The Morgan fingerprint density at radius 2 is 1.88 bits per heavy atom. The van der Waals surface area contributed by atoms with Gasteiger partial charge in [-0.1, -0.05) is 19.3 Å². The number of rotatable bonds is 5. The number of methoxy groups -OCH3 is 1. The van der Waals surface area contributed by atoms with Crippen LogP contribution in [0.2, 0.25) is 0 Å². The van der Waals surface area contributed by atoms with E-state index < -0.39 is 0 Å². The highest BCUT2D eigenvalue weighted by Crippen LogP contribution is 2.31. The molecule has 0 aromatic rings. The van der Waals surface area contributed by atoms with Gasteiger partial charge in [0.25, 0.3) is 0 Å². The maximum atomic E-state index is 11.9. The third-order valence-electron chi connectivity index (χ3n) is 3.76. The second-order valence-electron chi connectivity index (χ2n) is 5.21. The lowest BCUT2D eigenvalue weighted by Gasteiger charge is -2.29.